The molecule has 14 heteroatoms. The van der Waals surface area contributed by atoms with Gasteiger partial charge in [0.05, 0.1) is 12.1 Å². The predicted octanol–water partition coefficient (Wildman–Crippen LogP) is 0.322. The fraction of sp³-hybridized carbons (Fsp3) is 0.276. The van der Waals surface area contributed by atoms with E-state index in [-0.39, 0.29) is 29.9 Å². The topological polar surface area (TPSA) is 205 Å². The number of carbonyl (C=O) groups is 2. The first kappa shape index (κ1) is 29.7. The van der Waals surface area contributed by atoms with Crippen molar-refractivity contribution in [3.05, 3.63) is 95.7 Å². The lowest BCUT2D eigenvalue weighted by Gasteiger charge is -2.24. The SMILES string of the molecule is N#C[C@@]1(c2ccc3c(NC(=O)C(N)(O)Cc4ccc(F)cc4)ncnn23)O[C@H](COC(=O)Cc2ccccc2)[C@@H](O)[C@H]1O. The van der Waals surface area contributed by atoms with Gasteiger partial charge in [-0.2, -0.15) is 10.4 Å². The van der Waals surface area contributed by atoms with Crippen molar-refractivity contribution in [1.29, 1.82) is 5.26 Å². The van der Waals surface area contributed by atoms with E-state index in [2.05, 4.69) is 15.4 Å². The fourth-order valence-corrected chi connectivity index (χ4v) is 4.83. The Bertz CT molecular complexity index is 1670. The molecule has 0 radical (unpaired) electrons. The molecule has 4 aromatic rings. The minimum absolute atomic E-state index is 0.0121. The molecule has 1 aliphatic rings. The lowest BCUT2D eigenvalue weighted by Crippen LogP contribution is -2.53. The molecular weight excluding hydrogens is 563 g/mol. The molecular formula is C29H27FN6O7. The first-order chi connectivity index (χ1) is 20.5. The number of nitrogens with zero attached hydrogens (tertiary/aromatic N) is 4. The van der Waals surface area contributed by atoms with Crippen molar-refractivity contribution >= 4 is 23.2 Å². The monoisotopic (exact) mass is 590 g/mol. The molecule has 6 N–H and O–H groups in total. The van der Waals surface area contributed by atoms with E-state index in [1.54, 1.807) is 24.3 Å². The summed E-state index contributed by atoms with van der Waals surface area (Å²) in [5.41, 5.74) is 2.56. The predicted molar refractivity (Wildman–Crippen MR) is 146 cm³/mol. The molecule has 222 valence electrons. The average Bonchev–Trinajstić information content (AvgIpc) is 3.53. The van der Waals surface area contributed by atoms with Crippen LogP contribution in [0.2, 0.25) is 0 Å². The number of hydrogen-bond donors (Lipinski definition) is 5. The quantitative estimate of drug-likeness (QED) is 0.133. The van der Waals surface area contributed by atoms with Crippen LogP contribution in [0.1, 0.15) is 16.8 Å². The Morgan fingerprint density at radius 2 is 1.86 bits per heavy atom. The van der Waals surface area contributed by atoms with Gasteiger partial charge < -0.3 is 30.1 Å². The molecule has 2 aromatic heterocycles. The Kier molecular flexibility index (Phi) is 8.18. The first-order valence-electron chi connectivity index (χ1n) is 13.1. The summed E-state index contributed by atoms with van der Waals surface area (Å²) in [7, 11) is 0. The second kappa shape index (κ2) is 11.8. The zero-order valence-electron chi connectivity index (χ0n) is 22.5. The van der Waals surface area contributed by atoms with Gasteiger partial charge in [0.25, 0.3) is 5.91 Å². The van der Waals surface area contributed by atoms with Crippen molar-refractivity contribution in [2.75, 3.05) is 11.9 Å². The van der Waals surface area contributed by atoms with Crippen LogP contribution in [0.4, 0.5) is 10.2 Å². The number of anilines is 1. The van der Waals surface area contributed by atoms with E-state index in [1.807, 2.05) is 12.1 Å². The molecule has 0 saturated carbocycles. The number of nitrogens with two attached hydrogens (primary N) is 1. The zero-order valence-corrected chi connectivity index (χ0v) is 22.5. The number of nitrogens with one attached hydrogen (secondary N) is 1. The number of hydrogen-bond acceptors (Lipinski definition) is 11. The molecule has 13 nitrogen and oxygen atoms in total. The number of nitriles is 1. The number of rotatable bonds is 9. The maximum atomic E-state index is 13.2. The molecule has 0 spiro atoms. The van der Waals surface area contributed by atoms with Crippen LogP contribution >= 0.6 is 0 Å². The summed E-state index contributed by atoms with van der Waals surface area (Å²) in [6.07, 6.45) is -3.93. The number of benzene rings is 2. The Balaban J connectivity index is 1.33. The van der Waals surface area contributed by atoms with Crippen LogP contribution in [0.15, 0.2) is 73.1 Å². The van der Waals surface area contributed by atoms with Crippen molar-refractivity contribution < 1.29 is 38.8 Å². The third kappa shape index (κ3) is 5.93. The number of amides is 1. The number of halogens is 1. The summed E-state index contributed by atoms with van der Waals surface area (Å²) in [6.45, 7) is -0.434. The lowest BCUT2D eigenvalue weighted by atomic mass is 9.92. The molecule has 5 atom stereocenters. The highest BCUT2D eigenvalue weighted by Crippen LogP contribution is 2.40. The van der Waals surface area contributed by atoms with Crippen molar-refractivity contribution in [3.63, 3.8) is 0 Å². The van der Waals surface area contributed by atoms with Gasteiger partial charge in [0.1, 0.15) is 48.6 Å². The van der Waals surface area contributed by atoms with E-state index in [4.69, 9.17) is 15.2 Å². The lowest BCUT2D eigenvalue weighted by molar-refractivity contribution is -0.149. The Labute approximate surface area is 243 Å². The van der Waals surface area contributed by atoms with Crippen molar-refractivity contribution in [3.8, 4) is 6.07 Å². The second-order valence-corrected chi connectivity index (χ2v) is 10.1. The van der Waals surface area contributed by atoms with E-state index in [1.165, 1.54) is 40.9 Å². The summed E-state index contributed by atoms with van der Waals surface area (Å²) in [4.78, 5) is 29.2. The highest BCUT2D eigenvalue weighted by Gasteiger charge is 2.58. The largest absolute Gasteiger partial charge is 0.463 e. The molecule has 1 fully saturated rings. The number of aliphatic hydroxyl groups is 3. The molecule has 1 amide bonds. The van der Waals surface area contributed by atoms with Crippen molar-refractivity contribution in [2.45, 2.75) is 42.5 Å². The van der Waals surface area contributed by atoms with E-state index >= 15 is 0 Å². The van der Waals surface area contributed by atoms with Gasteiger partial charge in [0.2, 0.25) is 5.60 Å². The summed E-state index contributed by atoms with van der Waals surface area (Å²) in [6, 6.07) is 18.7. The smallest absolute Gasteiger partial charge is 0.310 e. The number of carbonyl (C=O) groups excluding carboxylic acids is 2. The van der Waals surface area contributed by atoms with Crippen LogP contribution in [-0.4, -0.2) is 72.4 Å². The van der Waals surface area contributed by atoms with Gasteiger partial charge in [0.15, 0.2) is 11.5 Å². The number of aliphatic hydroxyl groups excluding tert-OH is 2. The highest BCUT2D eigenvalue weighted by molar-refractivity contribution is 5.98. The molecule has 0 bridgehead atoms. The Morgan fingerprint density at radius 3 is 2.56 bits per heavy atom. The number of esters is 1. The van der Waals surface area contributed by atoms with Crippen LogP contribution in [0.25, 0.3) is 5.52 Å². The molecule has 5 rings (SSSR count). The maximum absolute atomic E-state index is 13.2. The molecule has 1 unspecified atom stereocenters. The maximum Gasteiger partial charge on any atom is 0.310 e. The standard InChI is InChI=1S/C29H27FN6O7/c30-19-8-6-18(7-9-19)13-29(32,41)27(40)35-26-20-10-11-22(36(20)34-16-33-26)28(15-31)25(39)24(38)21(43-28)14-42-23(37)12-17-4-2-1-3-5-17/h1-11,16,21,24-25,38-39,41H,12-14,32H2,(H,33,34,35,40)/t21-,24-,25-,28+,29?/m1/s1. The Morgan fingerprint density at radius 1 is 1.14 bits per heavy atom. The van der Waals surface area contributed by atoms with E-state index in [0.29, 0.717) is 5.56 Å². The van der Waals surface area contributed by atoms with Crippen LogP contribution in [0.5, 0.6) is 0 Å². The summed E-state index contributed by atoms with van der Waals surface area (Å²) in [5, 5.41) is 49.0. The van der Waals surface area contributed by atoms with Crippen LogP contribution in [0, 0.1) is 17.1 Å². The minimum atomic E-state index is -2.40. The van der Waals surface area contributed by atoms with Gasteiger partial charge >= 0.3 is 5.97 Å². The molecule has 2 aromatic carbocycles. The average molecular weight is 591 g/mol. The molecule has 1 aliphatic heterocycles. The Hall–Kier alpha value is -4.78. The van der Waals surface area contributed by atoms with Gasteiger partial charge in [-0.1, -0.05) is 42.5 Å². The third-order valence-electron chi connectivity index (χ3n) is 7.07. The summed E-state index contributed by atoms with van der Waals surface area (Å²) >= 11 is 0. The normalized spacial score (nSPS) is 22.9. The van der Waals surface area contributed by atoms with Crippen molar-refractivity contribution in [2.24, 2.45) is 5.73 Å². The fourth-order valence-electron chi connectivity index (χ4n) is 4.83. The zero-order chi connectivity index (χ0) is 30.8. The van der Waals surface area contributed by atoms with E-state index < -0.39 is 53.9 Å². The van der Waals surface area contributed by atoms with Gasteiger partial charge in [0, 0.05) is 6.42 Å². The first-order valence-corrected chi connectivity index (χ1v) is 13.1. The summed E-state index contributed by atoms with van der Waals surface area (Å²) in [5.74, 6) is -2.20. The van der Waals surface area contributed by atoms with Crippen LogP contribution in [-0.2, 0) is 37.5 Å². The van der Waals surface area contributed by atoms with Gasteiger partial charge in [-0.05, 0) is 35.4 Å². The van der Waals surface area contributed by atoms with Gasteiger partial charge in [-0.3, -0.25) is 15.3 Å². The minimum Gasteiger partial charge on any atom is -0.463 e. The molecule has 0 aliphatic carbocycles. The number of aromatic nitrogens is 3. The molecule has 3 heterocycles. The summed E-state index contributed by atoms with van der Waals surface area (Å²) < 4.78 is 25.5. The second-order valence-electron chi connectivity index (χ2n) is 10.1. The molecule has 1 saturated heterocycles. The van der Waals surface area contributed by atoms with Gasteiger partial charge in [-0.25, -0.2) is 13.9 Å². The molecule has 43 heavy (non-hydrogen) atoms. The number of fused-ring (bicyclic) bond motifs is 1. The van der Waals surface area contributed by atoms with Crippen molar-refractivity contribution in [1.82, 2.24) is 14.6 Å². The number of ether oxygens (including phenoxy) is 2. The van der Waals surface area contributed by atoms with E-state index in [0.717, 1.165) is 11.9 Å². The third-order valence-corrected chi connectivity index (χ3v) is 7.07. The van der Waals surface area contributed by atoms with E-state index in [9.17, 15) is 34.6 Å². The van der Waals surface area contributed by atoms with Crippen LogP contribution < -0.4 is 11.1 Å². The van der Waals surface area contributed by atoms with Gasteiger partial charge in [-0.15, -0.1) is 0 Å². The highest BCUT2D eigenvalue weighted by atomic mass is 19.1. The van der Waals surface area contributed by atoms with Crippen LogP contribution in [0.3, 0.4) is 0 Å².